The summed E-state index contributed by atoms with van der Waals surface area (Å²) in [5.74, 6) is 3.80. The Bertz CT molecular complexity index is 775. The quantitative estimate of drug-likeness (QED) is 0.822. The Hall–Kier alpha value is -1.76. The maximum atomic E-state index is 12.7. The average molecular weight is 359 g/mol. The second-order valence-electron chi connectivity index (χ2n) is 7.01. The second-order valence-corrected chi connectivity index (χ2v) is 8.24. The van der Waals surface area contributed by atoms with Crippen LogP contribution < -0.4 is 4.90 Å². The smallest absolute Gasteiger partial charge is 0.225 e. The molecule has 2 fully saturated rings. The van der Waals surface area contributed by atoms with E-state index in [1.165, 1.54) is 0 Å². The van der Waals surface area contributed by atoms with Crippen molar-refractivity contribution in [3.05, 3.63) is 23.5 Å². The fraction of sp³-hybridized carbons (Fsp3) is 0.611. The van der Waals surface area contributed by atoms with Crippen molar-refractivity contribution < 1.29 is 4.79 Å². The molecule has 1 amide bonds. The van der Waals surface area contributed by atoms with Gasteiger partial charge in [0, 0.05) is 61.4 Å². The molecule has 0 aromatic carbocycles. The standard InChI is InChI=1S/C18H25N5OS/c1-13-12-17(23-16(19-13)11-14(2)20-23)21-5-3-15(4-6-21)18(24)22-7-9-25-10-8-22/h11-12,15H,3-10H2,1-2H3. The van der Waals surface area contributed by atoms with E-state index in [1.807, 2.05) is 36.2 Å². The molecular formula is C18H25N5OS. The van der Waals surface area contributed by atoms with E-state index in [9.17, 15) is 4.79 Å². The molecule has 2 aliphatic heterocycles. The number of thioether (sulfide) groups is 1. The second kappa shape index (κ2) is 6.86. The SMILES string of the molecule is Cc1cc(N2CCC(C(=O)N3CCSCC3)CC2)n2nc(C)cc2n1. The summed E-state index contributed by atoms with van der Waals surface area (Å²) < 4.78 is 1.94. The summed E-state index contributed by atoms with van der Waals surface area (Å²) in [6.45, 7) is 7.65. The summed E-state index contributed by atoms with van der Waals surface area (Å²) in [4.78, 5) is 21.7. The summed E-state index contributed by atoms with van der Waals surface area (Å²) in [7, 11) is 0. The third-order valence-corrected chi connectivity index (χ3v) is 6.09. The minimum Gasteiger partial charge on any atom is -0.356 e. The first-order valence-electron chi connectivity index (χ1n) is 9.07. The molecule has 2 saturated heterocycles. The summed E-state index contributed by atoms with van der Waals surface area (Å²) >= 11 is 1.95. The van der Waals surface area contributed by atoms with Gasteiger partial charge >= 0.3 is 0 Å². The molecule has 2 aliphatic rings. The first kappa shape index (κ1) is 16.7. The fourth-order valence-corrected chi connectivity index (χ4v) is 4.72. The van der Waals surface area contributed by atoms with Crippen molar-refractivity contribution in [3.8, 4) is 0 Å². The molecule has 134 valence electrons. The number of rotatable bonds is 2. The highest BCUT2D eigenvalue weighted by atomic mass is 32.2. The van der Waals surface area contributed by atoms with E-state index in [0.29, 0.717) is 5.91 Å². The lowest BCUT2D eigenvalue weighted by atomic mass is 9.95. The van der Waals surface area contributed by atoms with Gasteiger partial charge < -0.3 is 9.80 Å². The minimum absolute atomic E-state index is 0.178. The molecule has 2 aromatic heterocycles. The topological polar surface area (TPSA) is 53.7 Å². The number of piperidine rings is 1. The molecule has 25 heavy (non-hydrogen) atoms. The van der Waals surface area contributed by atoms with E-state index in [0.717, 1.165) is 73.4 Å². The molecular weight excluding hydrogens is 334 g/mol. The normalized spacial score (nSPS) is 19.6. The van der Waals surface area contributed by atoms with Crippen LogP contribution in [0.3, 0.4) is 0 Å². The average Bonchev–Trinajstić information content (AvgIpc) is 3.01. The Kier molecular flexibility index (Phi) is 4.58. The Balaban J connectivity index is 1.48. The van der Waals surface area contributed by atoms with Crippen LogP contribution in [-0.4, -0.2) is 63.1 Å². The van der Waals surface area contributed by atoms with Gasteiger partial charge in [0.1, 0.15) is 5.82 Å². The predicted molar refractivity (Wildman–Crippen MR) is 101 cm³/mol. The lowest BCUT2D eigenvalue weighted by Gasteiger charge is -2.36. The number of carbonyl (C=O) groups excluding carboxylic acids is 1. The van der Waals surface area contributed by atoms with Crippen LogP contribution in [0.4, 0.5) is 5.82 Å². The lowest BCUT2D eigenvalue weighted by molar-refractivity contribution is -0.135. The van der Waals surface area contributed by atoms with Gasteiger partial charge in [-0.05, 0) is 26.7 Å². The summed E-state index contributed by atoms with van der Waals surface area (Å²) in [6.07, 6.45) is 1.84. The molecule has 4 rings (SSSR count). The van der Waals surface area contributed by atoms with E-state index in [4.69, 9.17) is 0 Å². The zero-order valence-electron chi connectivity index (χ0n) is 14.9. The van der Waals surface area contributed by atoms with E-state index in [2.05, 4.69) is 25.9 Å². The molecule has 0 spiro atoms. The van der Waals surface area contributed by atoms with Gasteiger partial charge in [0.15, 0.2) is 5.65 Å². The minimum atomic E-state index is 0.178. The van der Waals surface area contributed by atoms with E-state index in [-0.39, 0.29) is 5.92 Å². The number of aryl methyl sites for hydroxylation is 2. The number of amides is 1. The lowest BCUT2D eigenvalue weighted by Crippen LogP contribution is -2.45. The molecule has 0 saturated carbocycles. The van der Waals surface area contributed by atoms with Crippen LogP contribution in [-0.2, 0) is 4.79 Å². The molecule has 7 heteroatoms. The van der Waals surface area contributed by atoms with Crippen LogP contribution in [0.5, 0.6) is 0 Å². The van der Waals surface area contributed by atoms with Crippen molar-refractivity contribution in [1.82, 2.24) is 19.5 Å². The third-order valence-electron chi connectivity index (χ3n) is 5.15. The van der Waals surface area contributed by atoms with Crippen molar-refractivity contribution in [3.63, 3.8) is 0 Å². The number of aromatic nitrogens is 3. The number of hydrogen-bond donors (Lipinski definition) is 0. The fourth-order valence-electron chi connectivity index (χ4n) is 3.82. The highest BCUT2D eigenvalue weighted by Crippen LogP contribution is 2.26. The maximum absolute atomic E-state index is 12.7. The van der Waals surface area contributed by atoms with E-state index in [1.54, 1.807) is 0 Å². The molecule has 4 heterocycles. The van der Waals surface area contributed by atoms with E-state index >= 15 is 0 Å². The molecule has 0 unspecified atom stereocenters. The van der Waals surface area contributed by atoms with Gasteiger partial charge in [0.25, 0.3) is 0 Å². The van der Waals surface area contributed by atoms with Crippen LogP contribution in [0, 0.1) is 19.8 Å². The Morgan fingerprint density at radius 2 is 1.80 bits per heavy atom. The third kappa shape index (κ3) is 3.34. The highest BCUT2D eigenvalue weighted by Gasteiger charge is 2.30. The van der Waals surface area contributed by atoms with Crippen LogP contribution in [0.15, 0.2) is 12.1 Å². The Morgan fingerprint density at radius 1 is 1.08 bits per heavy atom. The van der Waals surface area contributed by atoms with Crippen molar-refractivity contribution in [2.75, 3.05) is 42.6 Å². The molecule has 6 nitrogen and oxygen atoms in total. The predicted octanol–water partition coefficient (Wildman–Crippen LogP) is 2.14. The van der Waals surface area contributed by atoms with E-state index < -0.39 is 0 Å². The number of nitrogens with zero attached hydrogens (tertiary/aromatic N) is 5. The maximum Gasteiger partial charge on any atom is 0.225 e. The summed E-state index contributed by atoms with van der Waals surface area (Å²) in [6, 6.07) is 4.12. The van der Waals surface area contributed by atoms with Crippen molar-refractivity contribution in [2.45, 2.75) is 26.7 Å². The van der Waals surface area contributed by atoms with Crippen LogP contribution in [0.25, 0.3) is 5.65 Å². The van der Waals surface area contributed by atoms with Crippen LogP contribution in [0.2, 0.25) is 0 Å². The zero-order chi connectivity index (χ0) is 17.4. The van der Waals surface area contributed by atoms with Crippen molar-refractivity contribution >= 4 is 29.1 Å². The molecule has 0 aliphatic carbocycles. The first-order valence-corrected chi connectivity index (χ1v) is 10.2. The van der Waals surface area contributed by atoms with Crippen molar-refractivity contribution in [1.29, 1.82) is 0 Å². The number of anilines is 1. The first-order chi connectivity index (χ1) is 12.1. The van der Waals surface area contributed by atoms with Gasteiger partial charge in [-0.25, -0.2) is 4.98 Å². The molecule has 0 bridgehead atoms. The molecule has 2 aromatic rings. The largest absolute Gasteiger partial charge is 0.356 e. The Morgan fingerprint density at radius 3 is 2.52 bits per heavy atom. The zero-order valence-corrected chi connectivity index (χ0v) is 15.8. The molecule has 0 N–H and O–H groups in total. The Labute approximate surface area is 152 Å². The van der Waals surface area contributed by atoms with Gasteiger partial charge in [-0.1, -0.05) is 0 Å². The van der Waals surface area contributed by atoms with Crippen LogP contribution >= 0.6 is 11.8 Å². The van der Waals surface area contributed by atoms with Crippen LogP contribution in [0.1, 0.15) is 24.2 Å². The number of fused-ring (bicyclic) bond motifs is 1. The van der Waals surface area contributed by atoms with Gasteiger partial charge in [-0.2, -0.15) is 21.4 Å². The molecule has 0 radical (unpaired) electrons. The number of carbonyl (C=O) groups is 1. The van der Waals surface area contributed by atoms with Gasteiger partial charge in [0.2, 0.25) is 5.91 Å². The van der Waals surface area contributed by atoms with Crippen molar-refractivity contribution in [2.24, 2.45) is 5.92 Å². The highest BCUT2D eigenvalue weighted by molar-refractivity contribution is 7.99. The van der Waals surface area contributed by atoms with Gasteiger partial charge in [0.05, 0.1) is 5.69 Å². The summed E-state index contributed by atoms with van der Waals surface area (Å²) in [5, 5.41) is 4.59. The number of hydrogen-bond acceptors (Lipinski definition) is 5. The summed E-state index contributed by atoms with van der Waals surface area (Å²) in [5.41, 5.74) is 2.88. The monoisotopic (exact) mass is 359 g/mol. The molecule has 0 atom stereocenters. The van der Waals surface area contributed by atoms with Gasteiger partial charge in [-0.15, -0.1) is 0 Å². The van der Waals surface area contributed by atoms with Gasteiger partial charge in [-0.3, -0.25) is 4.79 Å².